The molecule has 2 aromatic heterocycles. The van der Waals surface area contributed by atoms with Gasteiger partial charge in [-0.15, -0.1) is 0 Å². The minimum atomic E-state index is -0.270. The van der Waals surface area contributed by atoms with Crippen LogP contribution in [0.2, 0.25) is 0 Å². The summed E-state index contributed by atoms with van der Waals surface area (Å²) in [5.41, 5.74) is 1.36. The Morgan fingerprint density at radius 3 is 2.89 bits per heavy atom. The third-order valence-electron chi connectivity index (χ3n) is 4.86. The van der Waals surface area contributed by atoms with Crippen LogP contribution in [0.5, 0.6) is 5.88 Å². The maximum Gasteiger partial charge on any atom is 0.260 e. The molecule has 4 rings (SSSR count). The van der Waals surface area contributed by atoms with Gasteiger partial charge in [0.15, 0.2) is 0 Å². The van der Waals surface area contributed by atoms with Gasteiger partial charge in [-0.3, -0.25) is 4.79 Å². The lowest BCUT2D eigenvalue weighted by Crippen LogP contribution is -2.31. The fraction of sp³-hybridized carbons (Fsp3) is 0.286. The number of rotatable bonds is 5. The summed E-state index contributed by atoms with van der Waals surface area (Å²) in [5.74, 6) is 1.09. The number of halogens is 1. The number of oxazole rings is 1. The first-order chi connectivity index (χ1) is 13.7. The quantitative estimate of drug-likeness (QED) is 0.673. The van der Waals surface area contributed by atoms with E-state index in [0.29, 0.717) is 36.1 Å². The molecule has 1 saturated heterocycles. The van der Waals surface area contributed by atoms with Crippen molar-refractivity contribution in [3.8, 4) is 5.88 Å². The molecule has 3 heterocycles. The molecule has 3 aromatic rings. The number of aromatic nitrogens is 2. The topological polar surface area (TPSA) is 68.5 Å². The number of benzene rings is 1. The van der Waals surface area contributed by atoms with Gasteiger partial charge in [-0.2, -0.15) is 0 Å². The highest BCUT2D eigenvalue weighted by Crippen LogP contribution is 2.34. The largest absolute Gasteiger partial charge is 0.480 e. The number of carbonyl (C=O) groups excluding carboxylic acids is 1. The van der Waals surface area contributed by atoms with Gasteiger partial charge >= 0.3 is 0 Å². The van der Waals surface area contributed by atoms with Crippen LogP contribution >= 0.6 is 0 Å². The van der Waals surface area contributed by atoms with E-state index in [9.17, 15) is 9.18 Å². The van der Waals surface area contributed by atoms with E-state index < -0.39 is 0 Å². The lowest BCUT2D eigenvalue weighted by molar-refractivity contribution is 0.0710. The number of amides is 1. The smallest absolute Gasteiger partial charge is 0.260 e. The van der Waals surface area contributed by atoms with Crippen LogP contribution in [-0.2, 0) is 6.42 Å². The van der Waals surface area contributed by atoms with Crippen molar-refractivity contribution in [2.45, 2.75) is 25.3 Å². The summed E-state index contributed by atoms with van der Waals surface area (Å²) >= 11 is 0. The van der Waals surface area contributed by atoms with Gasteiger partial charge in [0.05, 0.1) is 13.3 Å². The van der Waals surface area contributed by atoms with Crippen LogP contribution in [0.1, 0.15) is 46.5 Å². The zero-order valence-electron chi connectivity index (χ0n) is 15.5. The molecule has 0 saturated carbocycles. The second-order valence-electron chi connectivity index (χ2n) is 6.68. The number of hydrogen-bond acceptors (Lipinski definition) is 5. The van der Waals surface area contributed by atoms with Crippen molar-refractivity contribution >= 4 is 5.91 Å². The molecule has 1 amide bonds. The highest BCUT2D eigenvalue weighted by molar-refractivity contribution is 5.96. The predicted molar refractivity (Wildman–Crippen MR) is 99.5 cm³/mol. The Kier molecular flexibility index (Phi) is 5.06. The van der Waals surface area contributed by atoms with Crippen molar-refractivity contribution in [2.24, 2.45) is 0 Å². The Morgan fingerprint density at radius 1 is 1.29 bits per heavy atom. The minimum Gasteiger partial charge on any atom is -0.480 e. The number of nitrogens with zero attached hydrogens (tertiary/aromatic N) is 3. The van der Waals surface area contributed by atoms with Gasteiger partial charge in [0.25, 0.3) is 5.91 Å². The summed E-state index contributed by atoms with van der Waals surface area (Å²) < 4.78 is 24.2. The van der Waals surface area contributed by atoms with E-state index in [1.165, 1.54) is 19.2 Å². The van der Waals surface area contributed by atoms with Crippen molar-refractivity contribution < 1.29 is 18.3 Å². The predicted octanol–water partition coefficient (Wildman–Crippen LogP) is 3.79. The third kappa shape index (κ3) is 3.60. The van der Waals surface area contributed by atoms with Crippen LogP contribution in [0.4, 0.5) is 4.39 Å². The fourth-order valence-electron chi connectivity index (χ4n) is 3.50. The number of carbonyl (C=O) groups is 1. The van der Waals surface area contributed by atoms with Gasteiger partial charge in [0, 0.05) is 19.2 Å². The van der Waals surface area contributed by atoms with E-state index in [0.717, 1.165) is 18.4 Å². The molecule has 1 fully saturated rings. The molecule has 1 aromatic carbocycles. The van der Waals surface area contributed by atoms with Crippen LogP contribution in [0.15, 0.2) is 53.2 Å². The molecule has 0 bridgehead atoms. The molecule has 6 nitrogen and oxygen atoms in total. The first-order valence-corrected chi connectivity index (χ1v) is 9.14. The number of ether oxygens (including phenoxy) is 1. The highest BCUT2D eigenvalue weighted by Gasteiger charge is 2.35. The van der Waals surface area contributed by atoms with E-state index in [1.807, 2.05) is 0 Å². The summed E-state index contributed by atoms with van der Waals surface area (Å²) in [6, 6.07) is 9.48. The van der Waals surface area contributed by atoms with Gasteiger partial charge in [-0.1, -0.05) is 12.1 Å². The normalized spacial score (nSPS) is 16.4. The van der Waals surface area contributed by atoms with Gasteiger partial charge in [0.1, 0.15) is 23.2 Å². The van der Waals surface area contributed by atoms with Crippen LogP contribution < -0.4 is 4.74 Å². The zero-order valence-corrected chi connectivity index (χ0v) is 15.5. The molecule has 1 unspecified atom stereocenters. The second kappa shape index (κ2) is 7.80. The maximum atomic E-state index is 13.1. The molecular formula is C21H20FN3O3. The van der Waals surface area contributed by atoms with E-state index >= 15 is 0 Å². The van der Waals surface area contributed by atoms with E-state index in [1.54, 1.807) is 41.6 Å². The molecule has 0 N–H and O–H groups in total. The van der Waals surface area contributed by atoms with E-state index in [2.05, 4.69) is 9.97 Å². The fourth-order valence-corrected chi connectivity index (χ4v) is 3.50. The first kappa shape index (κ1) is 18.2. The van der Waals surface area contributed by atoms with Crippen molar-refractivity contribution in [2.75, 3.05) is 13.7 Å². The second-order valence-corrected chi connectivity index (χ2v) is 6.68. The van der Waals surface area contributed by atoms with E-state index in [4.69, 9.17) is 9.15 Å². The lowest BCUT2D eigenvalue weighted by Gasteiger charge is -2.22. The lowest BCUT2D eigenvalue weighted by atomic mass is 10.1. The van der Waals surface area contributed by atoms with Crippen molar-refractivity contribution in [3.63, 3.8) is 0 Å². The Bertz CT molecular complexity index is 971. The summed E-state index contributed by atoms with van der Waals surface area (Å²) in [5, 5.41) is 0. The van der Waals surface area contributed by atoms with Crippen LogP contribution in [-0.4, -0.2) is 34.4 Å². The molecule has 0 spiro atoms. The van der Waals surface area contributed by atoms with Crippen LogP contribution in [0.25, 0.3) is 0 Å². The average Bonchev–Trinajstić information content (AvgIpc) is 3.38. The van der Waals surface area contributed by atoms with Gasteiger partial charge in [-0.05, 0) is 42.7 Å². The van der Waals surface area contributed by atoms with Crippen molar-refractivity contribution in [1.29, 1.82) is 0 Å². The summed E-state index contributed by atoms with van der Waals surface area (Å²) in [6.07, 6.45) is 5.43. The number of pyridine rings is 1. The van der Waals surface area contributed by atoms with Crippen molar-refractivity contribution in [1.82, 2.24) is 14.9 Å². The van der Waals surface area contributed by atoms with Crippen molar-refractivity contribution in [3.05, 3.63) is 77.4 Å². The minimum absolute atomic E-state index is 0.147. The van der Waals surface area contributed by atoms with E-state index in [-0.39, 0.29) is 17.8 Å². The highest BCUT2D eigenvalue weighted by atomic mass is 19.1. The summed E-state index contributed by atoms with van der Waals surface area (Å²) in [4.78, 5) is 23.3. The third-order valence-corrected chi connectivity index (χ3v) is 4.86. The van der Waals surface area contributed by atoms with Crippen LogP contribution in [0, 0.1) is 5.82 Å². The van der Waals surface area contributed by atoms with Crippen LogP contribution in [0.3, 0.4) is 0 Å². The van der Waals surface area contributed by atoms with Gasteiger partial charge < -0.3 is 14.1 Å². The molecule has 144 valence electrons. The van der Waals surface area contributed by atoms with Gasteiger partial charge in [-0.25, -0.2) is 14.4 Å². The summed E-state index contributed by atoms with van der Waals surface area (Å²) in [6.45, 7) is 0.622. The molecule has 0 radical (unpaired) electrons. The molecule has 7 heteroatoms. The summed E-state index contributed by atoms with van der Waals surface area (Å²) in [7, 11) is 1.50. The Morgan fingerprint density at radius 2 is 2.11 bits per heavy atom. The maximum absolute atomic E-state index is 13.1. The molecule has 0 aliphatic carbocycles. The standard InChI is InChI=1S/C21H20FN3O3/c1-27-19-17(4-2-10-23-19)21(26)25-11-3-5-18(25)20-24-13-16(28-20)12-14-6-8-15(22)9-7-14/h2,4,6-10,13,18H,3,5,11-12H2,1H3. The Balaban J connectivity index is 1.53. The number of likely N-dealkylation sites (tertiary alicyclic amines) is 1. The molecule has 1 aliphatic heterocycles. The Hall–Kier alpha value is -3.22. The molecule has 28 heavy (non-hydrogen) atoms. The number of hydrogen-bond donors (Lipinski definition) is 0. The Labute approximate surface area is 162 Å². The number of methoxy groups -OCH3 is 1. The molecule has 1 aliphatic rings. The molecular weight excluding hydrogens is 361 g/mol. The van der Waals surface area contributed by atoms with Gasteiger partial charge in [0.2, 0.25) is 11.8 Å². The monoisotopic (exact) mass is 381 g/mol. The first-order valence-electron chi connectivity index (χ1n) is 9.14. The zero-order chi connectivity index (χ0) is 19.5. The SMILES string of the molecule is COc1ncccc1C(=O)N1CCCC1c1ncc(Cc2ccc(F)cc2)o1. The average molecular weight is 381 g/mol. The molecule has 1 atom stereocenters.